The number of benzene rings is 1. The lowest BCUT2D eigenvalue weighted by molar-refractivity contribution is 0.0526. The van der Waals surface area contributed by atoms with E-state index in [0.29, 0.717) is 17.9 Å². The Bertz CT molecular complexity index is 851. The van der Waals surface area contributed by atoms with Gasteiger partial charge < -0.3 is 9.14 Å². The number of carbonyl (C=O) groups excluding carboxylic acids is 1. The Morgan fingerprint density at radius 3 is 2.95 bits per heavy atom. The number of aromatic nitrogens is 2. The summed E-state index contributed by atoms with van der Waals surface area (Å²) in [5, 5.41) is 0. The van der Waals surface area contributed by atoms with Crippen molar-refractivity contribution >= 4 is 11.6 Å². The van der Waals surface area contributed by atoms with Crippen LogP contribution in [0.15, 0.2) is 54.9 Å². The highest BCUT2D eigenvalue weighted by Gasteiger charge is 2.05. The van der Waals surface area contributed by atoms with E-state index in [1.807, 2.05) is 41.1 Å². The Hall–Kier alpha value is -3.06. The average molecular weight is 290 g/mol. The maximum Gasteiger partial charge on any atom is 0.338 e. The predicted octanol–water partition coefficient (Wildman–Crippen LogP) is 2.91. The third-order valence-corrected chi connectivity index (χ3v) is 3.07. The molecule has 0 fully saturated rings. The fraction of sp³-hybridized carbons (Fsp3) is 0.111. The second-order valence-corrected chi connectivity index (χ2v) is 4.64. The molecule has 0 aliphatic rings. The van der Waals surface area contributed by atoms with Crippen molar-refractivity contribution in [3.05, 3.63) is 71.7 Å². The summed E-state index contributed by atoms with van der Waals surface area (Å²) in [6.07, 6.45) is 3.80. The minimum absolute atomic E-state index is 0.334. The first kappa shape index (κ1) is 13.9. The van der Waals surface area contributed by atoms with Crippen LogP contribution in [-0.4, -0.2) is 22.0 Å². The number of imidazole rings is 1. The van der Waals surface area contributed by atoms with Crippen LogP contribution in [0.25, 0.3) is 5.65 Å². The lowest BCUT2D eigenvalue weighted by atomic mass is 10.1. The smallest absolute Gasteiger partial charge is 0.338 e. The Labute approximate surface area is 128 Å². The number of esters is 1. The zero-order valence-corrected chi connectivity index (χ0v) is 12.1. The Morgan fingerprint density at radius 1 is 1.23 bits per heavy atom. The molecule has 0 aliphatic carbocycles. The maximum absolute atomic E-state index is 11.7. The lowest BCUT2D eigenvalue weighted by Gasteiger charge is -2.01. The quantitative estimate of drug-likeness (QED) is 0.538. The summed E-state index contributed by atoms with van der Waals surface area (Å²) in [5.74, 6) is 5.71. The number of hydrogen-bond acceptors (Lipinski definition) is 3. The van der Waals surface area contributed by atoms with E-state index in [1.54, 1.807) is 25.1 Å². The fourth-order valence-corrected chi connectivity index (χ4v) is 2.07. The molecule has 0 saturated carbocycles. The van der Waals surface area contributed by atoms with Gasteiger partial charge in [0.25, 0.3) is 0 Å². The summed E-state index contributed by atoms with van der Waals surface area (Å²) in [5.41, 5.74) is 2.80. The second-order valence-electron chi connectivity index (χ2n) is 4.64. The Kier molecular flexibility index (Phi) is 3.88. The first-order valence-corrected chi connectivity index (χ1v) is 6.99. The van der Waals surface area contributed by atoms with Gasteiger partial charge in [-0.2, -0.15) is 0 Å². The van der Waals surface area contributed by atoms with Gasteiger partial charge in [0.2, 0.25) is 0 Å². The largest absolute Gasteiger partial charge is 0.462 e. The molecule has 0 bridgehead atoms. The van der Waals surface area contributed by atoms with Crippen LogP contribution in [0.5, 0.6) is 0 Å². The summed E-state index contributed by atoms with van der Waals surface area (Å²) in [7, 11) is 0. The van der Waals surface area contributed by atoms with Crippen molar-refractivity contribution in [2.45, 2.75) is 6.92 Å². The molecule has 0 amide bonds. The van der Waals surface area contributed by atoms with Gasteiger partial charge in [0.1, 0.15) is 11.3 Å². The predicted molar refractivity (Wildman–Crippen MR) is 83.6 cm³/mol. The van der Waals surface area contributed by atoms with Crippen molar-refractivity contribution in [3.8, 4) is 11.8 Å². The molecule has 0 N–H and O–H groups in total. The molecule has 0 spiro atoms. The number of pyridine rings is 1. The topological polar surface area (TPSA) is 43.6 Å². The molecule has 3 rings (SSSR count). The number of fused-ring (bicyclic) bond motifs is 1. The van der Waals surface area contributed by atoms with Crippen LogP contribution in [-0.2, 0) is 4.74 Å². The van der Waals surface area contributed by atoms with Crippen LogP contribution in [0.1, 0.15) is 28.5 Å². The van der Waals surface area contributed by atoms with Crippen LogP contribution in [0.3, 0.4) is 0 Å². The van der Waals surface area contributed by atoms with Crippen LogP contribution in [0.2, 0.25) is 0 Å². The molecule has 0 unspecified atom stereocenters. The summed E-state index contributed by atoms with van der Waals surface area (Å²) < 4.78 is 6.90. The zero-order valence-electron chi connectivity index (χ0n) is 12.1. The van der Waals surface area contributed by atoms with Crippen molar-refractivity contribution in [1.82, 2.24) is 9.38 Å². The molecule has 4 heteroatoms. The van der Waals surface area contributed by atoms with E-state index < -0.39 is 0 Å². The van der Waals surface area contributed by atoms with Gasteiger partial charge >= 0.3 is 5.97 Å². The SMILES string of the molecule is CCOC(=O)c1cccc(C#Cc2cn3ccccc3n2)c1. The molecule has 2 aromatic heterocycles. The normalized spacial score (nSPS) is 10.0. The molecule has 2 heterocycles. The molecule has 1 aromatic carbocycles. The number of rotatable bonds is 2. The summed E-state index contributed by atoms with van der Waals surface area (Å²) >= 11 is 0. The van der Waals surface area contributed by atoms with Gasteiger partial charge in [-0.05, 0) is 43.2 Å². The fourth-order valence-electron chi connectivity index (χ4n) is 2.07. The van der Waals surface area contributed by atoms with Crippen molar-refractivity contribution in [3.63, 3.8) is 0 Å². The van der Waals surface area contributed by atoms with Crippen molar-refractivity contribution in [2.75, 3.05) is 6.61 Å². The zero-order chi connectivity index (χ0) is 15.4. The molecule has 108 valence electrons. The minimum Gasteiger partial charge on any atom is -0.462 e. The third kappa shape index (κ3) is 2.99. The van der Waals surface area contributed by atoms with Gasteiger partial charge in [-0.25, -0.2) is 9.78 Å². The molecule has 0 radical (unpaired) electrons. The highest BCUT2D eigenvalue weighted by atomic mass is 16.5. The van der Waals surface area contributed by atoms with E-state index >= 15 is 0 Å². The number of nitrogens with zero attached hydrogens (tertiary/aromatic N) is 2. The minimum atomic E-state index is -0.334. The van der Waals surface area contributed by atoms with Gasteiger partial charge in [0.15, 0.2) is 0 Å². The maximum atomic E-state index is 11.7. The van der Waals surface area contributed by atoms with Gasteiger partial charge in [0, 0.05) is 18.0 Å². The molecular formula is C18H14N2O2. The van der Waals surface area contributed by atoms with E-state index in [9.17, 15) is 4.79 Å². The van der Waals surface area contributed by atoms with Crippen molar-refractivity contribution < 1.29 is 9.53 Å². The molecule has 0 saturated heterocycles. The monoisotopic (exact) mass is 290 g/mol. The van der Waals surface area contributed by atoms with E-state index in [2.05, 4.69) is 16.8 Å². The van der Waals surface area contributed by atoms with Gasteiger partial charge in [-0.1, -0.05) is 18.1 Å². The molecule has 22 heavy (non-hydrogen) atoms. The highest BCUT2D eigenvalue weighted by Crippen LogP contribution is 2.07. The molecular weight excluding hydrogens is 276 g/mol. The van der Waals surface area contributed by atoms with Crippen molar-refractivity contribution in [2.24, 2.45) is 0 Å². The summed E-state index contributed by atoms with van der Waals surface area (Å²) in [6.45, 7) is 2.14. The molecule has 0 aliphatic heterocycles. The third-order valence-electron chi connectivity index (χ3n) is 3.07. The van der Waals surface area contributed by atoms with E-state index in [0.717, 1.165) is 11.2 Å². The van der Waals surface area contributed by atoms with Gasteiger partial charge in [-0.15, -0.1) is 0 Å². The number of ether oxygens (including phenoxy) is 1. The molecule has 3 aromatic rings. The number of hydrogen-bond donors (Lipinski definition) is 0. The molecule has 0 atom stereocenters. The lowest BCUT2D eigenvalue weighted by Crippen LogP contribution is -2.04. The Morgan fingerprint density at radius 2 is 2.14 bits per heavy atom. The highest BCUT2D eigenvalue weighted by molar-refractivity contribution is 5.89. The first-order valence-electron chi connectivity index (χ1n) is 6.99. The second kappa shape index (κ2) is 6.15. The van der Waals surface area contributed by atoms with Crippen LogP contribution < -0.4 is 0 Å². The Balaban J connectivity index is 1.87. The average Bonchev–Trinajstić information content (AvgIpc) is 2.96. The molecule has 4 nitrogen and oxygen atoms in total. The first-order chi connectivity index (χ1) is 10.8. The summed E-state index contributed by atoms with van der Waals surface area (Å²) in [4.78, 5) is 16.1. The van der Waals surface area contributed by atoms with E-state index in [1.165, 1.54) is 0 Å². The van der Waals surface area contributed by atoms with Crippen LogP contribution in [0.4, 0.5) is 0 Å². The van der Waals surface area contributed by atoms with Gasteiger partial charge in [-0.3, -0.25) is 0 Å². The van der Waals surface area contributed by atoms with Gasteiger partial charge in [0.05, 0.1) is 12.2 Å². The van der Waals surface area contributed by atoms with Crippen LogP contribution >= 0.6 is 0 Å². The number of carbonyl (C=O) groups is 1. The van der Waals surface area contributed by atoms with Crippen molar-refractivity contribution in [1.29, 1.82) is 0 Å². The van der Waals surface area contributed by atoms with E-state index in [-0.39, 0.29) is 5.97 Å². The van der Waals surface area contributed by atoms with E-state index in [4.69, 9.17) is 4.74 Å². The summed E-state index contributed by atoms with van der Waals surface area (Å²) in [6, 6.07) is 12.9. The standard InChI is InChI=1S/C18H14N2O2/c1-2-22-18(21)15-7-5-6-14(12-15)9-10-16-13-20-11-4-3-8-17(20)19-16/h3-8,11-13H,2H2,1H3. The van der Waals surface area contributed by atoms with Crippen LogP contribution in [0, 0.1) is 11.8 Å².